The van der Waals surface area contributed by atoms with Crippen LogP contribution >= 0.6 is 0 Å². The highest BCUT2D eigenvalue weighted by Crippen LogP contribution is 2.31. The number of halogens is 3. The maximum Gasteiger partial charge on any atom is 0.418 e. The lowest BCUT2D eigenvalue weighted by Gasteiger charge is -2.31. The Morgan fingerprint density at radius 2 is 2.00 bits per heavy atom. The Hall–Kier alpha value is -2.16. The molecule has 0 spiro atoms. The number of carbonyl (C=O) groups is 2. The van der Waals surface area contributed by atoms with Crippen LogP contribution in [0.2, 0.25) is 0 Å². The highest BCUT2D eigenvalue weighted by molar-refractivity contribution is 5.94. The molecule has 24 heavy (non-hydrogen) atoms. The molecule has 0 saturated carbocycles. The van der Waals surface area contributed by atoms with Gasteiger partial charge in [-0.25, -0.2) is 0 Å². The molecule has 1 aliphatic heterocycles. The van der Waals surface area contributed by atoms with Crippen molar-refractivity contribution in [1.29, 1.82) is 0 Å². The third kappa shape index (κ3) is 4.67. The molecule has 1 aliphatic rings. The predicted molar refractivity (Wildman–Crippen MR) is 80.2 cm³/mol. The summed E-state index contributed by atoms with van der Waals surface area (Å²) in [6, 6.07) is 1.76. The molecule has 0 bridgehead atoms. The summed E-state index contributed by atoms with van der Waals surface area (Å²) in [6.07, 6.45) is -2.33. The van der Waals surface area contributed by atoms with Crippen LogP contribution in [0.4, 0.5) is 13.2 Å². The average molecular weight is 344 g/mol. The van der Waals surface area contributed by atoms with Gasteiger partial charge in [0.2, 0.25) is 5.91 Å². The predicted octanol–water partition coefficient (Wildman–Crippen LogP) is 1.04. The maximum absolute atomic E-state index is 12.9. The molecule has 2 heterocycles. The number of hydrogen-bond donors (Lipinski definition) is 2. The normalized spacial score (nSPS) is 16.7. The van der Waals surface area contributed by atoms with Crippen LogP contribution in [0.1, 0.15) is 28.9 Å². The van der Waals surface area contributed by atoms with E-state index in [1.54, 1.807) is 7.05 Å². The summed E-state index contributed by atoms with van der Waals surface area (Å²) < 4.78 is 38.8. The quantitative estimate of drug-likeness (QED) is 0.856. The Labute approximate surface area is 137 Å². The van der Waals surface area contributed by atoms with Crippen molar-refractivity contribution >= 4 is 11.8 Å². The number of nitrogens with one attached hydrogen (secondary N) is 2. The summed E-state index contributed by atoms with van der Waals surface area (Å²) in [5, 5.41) is 5.14. The number of piperidine rings is 1. The number of likely N-dealkylation sites (tertiary alicyclic amines) is 1. The molecule has 2 rings (SSSR count). The maximum atomic E-state index is 12.9. The van der Waals surface area contributed by atoms with E-state index < -0.39 is 23.3 Å². The summed E-state index contributed by atoms with van der Waals surface area (Å²) in [4.78, 5) is 29.0. The summed E-state index contributed by atoms with van der Waals surface area (Å²) in [7, 11) is 1.56. The fraction of sp³-hybridized carbons (Fsp3) is 0.533. The topological polar surface area (TPSA) is 74.3 Å². The van der Waals surface area contributed by atoms with Crippen molar-refractivity contribution in [2.24, 2.45) is 0 Å². The van der Waals surface area contributed by atoms with Crippen molar-refractivity contribution < 1.29 is 22.8 Å². The van der Waals surface area contributed by atoms with E-state index in [2.05, 4.69) is 15.6 Å². The molecule has 0 aromatic carbocycles. The third-order valence-corrected chi connectivity index (χ3v) is 3.90. The third-order valence-electron chi connectivity index (χ3n) is 3.90. The monoisotopic (exact) mass is 344 g/mol. The minimum absolute atomic E-state index is 0.0965. The summed E-state index contributed by atoms with van der Waals surface area (Å²) in [5.74, 6) is -0.923. The van der Waals surface area contributed by atoms with Gasteiger partial charge in [-0.15, -0.1) is 0 Å². The van der Waals surface area contributed by atoms with Crippen LogP contribution in [0.3, 0.4) is 0 Å². The minimum atomic E-state index is -4.63. The summed E-state index contributed by atoms with van der Waals surface area (Å²) in [5.41, 5.74) is -1.66. The summed E-state index contributed by atoms with van der Waals surface area (Å²) >= 11 is 0. The highest BCUT2D eigenvalue weighted by atomic mass is 19.4. The first-order valence-corrected chi connectivity index (χ1v) is 7.57. The number of hydrogen-bond acceptors (Lipinski definition) is 4. The van der Waals surface area contributed by atoms with E-state index in [0.29, 0.717) is 25.9 Å². The van der Waals surface area contributed by atoms with E-state index in [9.17, 15) is 22.8 Å². The zero-order valence-corrected chi connectivity index (χ0v) is 13.2. The standard InChI is InChI=1S/C15H19F3N4O2/c1-19-12(23)9-22-7-4-10(5-8-22)21-14(24)13-11(15(16,17)18)3-2-6-20-13/h2-3,6,10H,4-5,7-9H2,1H3,(H,19,23)(H,21,24). The second-order valence-corrected chi connectivity index (χ2v) is 5.59. The molecule has 6 nitrogen and oxygen atoms in total. The zero-order valence-electron chi connectivity index (χ0n) is 13.2. The van der Waals surface area contributed by atoms with Crippen LogP contribution in [0.5, 0.6) is 0 Å². The Morgan fingerprint density at radius 1 is 1.33 bits per heavy atom. The molecule has 0 unspecified atom stereocenters. The van der Waals surface area contributed by atoms with Crippen LogP contribution in [-0.2, 0) is 11.0 Å². The van der Waals surface area contributed by atoms with Gasteiger partial charge in [-0.2, -0.15) is 13.2 Å². The van der Waals surface area contributed by atoms with Gasteiger partial charge < -0.3 is 10.6 Å². The molecule has 1 aromatic rings. The van der Waals surface area contributed by atoms with Crippen molar-refractivity contribution in [3.63, 3.8) is 0 Å². The number of carbonyl (C=O) groups excluding carboxylic acids is 2. The number of amides is 2. The van der Waals surface area contributed by atoms with Gasteiger partial charge in [0.25, 0.3) is 5.91 Å². The molecule has 1 saturated heterocycles. The molecule has 0 atom stereocenters. The first-order chi connectivity index (χ1) is 11.3. The van der Waals surface area contributed by atoms with Gasteiger partial charge in [0.05, 0.1) is 12.1 Å². The fourth-order valence-corrected chi connectivity index (χ4v) is 2.59. The number of aromatic nitrogens is 1. The molecule has 0 radical (unpaired) electrons. The van der Waals surface area contributed by atoms with E-state index in [-0.39, 0.29) is 18.5 Å². The van der Waals surface area contributed by atoms with E-state index >= 15 is 0 Å². The molecule has 132 valence electrons. The van der Waals surface area contributed by atoms with Crippen LogP contribution < -0.4 is 10.6 Å². The van der Waals surface area contributed by atoms with E-state index in [4.69, 9.17) is 0 Å². The van der Waals surface area contributed by atoms with Crippen LogP contribution in [0.25, 0.3) is 0 Å². The average Bonchev–Trinajstić information content (AvgIpc) is 2.55. The lowest BCUT2D eigenvalue weighted by Crippen LogP contribution is -2.47. The molecule has 2 amide bonds. The van der Waals surface area contributed by atoms with Crippen molar-refractivity contribution in [1.82, 2.24) is 20.5 Å². The summed E-state index contributed by atoms with van der Waals surface area (Å²) in [6.45, 7) is 1.45. The second kappa shape index (κ2) is 7.61. The van der Waals surface area contributed by atoms with Gasteiger partial charge in [-0.3, -0.25) is 19.5 Å². The number of nitrogens with zero attached hydrogens (tertiary/aromatic N) is 2. The van der Waals surface area contributed by atoms with Gasteiger partial charge >= 0.3 is 6.18 Å². The lowest BCUT2D eigenvalue weighted by molar-refractivity contribution is -0.138. The van der Waals surface area contributed by atoms with Gasteiger partial charge in [-0.05, 0) is 25.0 Å². The van der Waals surface area contributed by atoms with Crippen LogP contribution in [0.15, 0.2) is 18.3 Å². The fourth-order valence-electron chi connectivity index (χ4n) is 2.59. The highest BCUT2D eigenvalue weighted by Gasteiger charge is 2.36. The Kier molecular flexibility index (Phi) is 5.76. The molecule has 1 aromatic heterocycles. The van der Waals surface area contributed by atoms with Crippen molar-refractivity contribution in [3.05, 3.63) is 29.6 Å². The largest absolute Gasteiger partial charge is 0.418 e. The number of rotatable bonds is 4. The minimum Gasteiger partial charge on any atom is -0.358 e. The van der Waals surface area contributed by atoms with Gasteiger partial charge in [0.15, 0.2) is 0 Å². The second-order valence-electron chi connectivity index (χ2n) is 5.59. The molecular formula is C15H19F3N4O2. The van der Waals surface area contributed by atoms with E-state index in [0.717, 1.165) is 18.3 Å². The van der Waals surface area contributed by atoms with Crippen LogP contribution in [0, 0.1) is 0 Å². The van der Waals surface area contributed by atoms with E-state index in [1.165, 1.54) is 0 Å². The first kappa shape index (κ1) is 18.2. The van der Waals surface area contributed by atoms with Crippen LogP contribution in [-0.4, -0.2) is 54.4 Å². The van der Waals surface area contributed by atoms with Gasteiger partial charge in [0.1, 0.15) is 5.69 Å². The molecule has 2 N–H and O–H groups in total. The zero-order chi connectivity index (χ0) is 17.7. The van der Waals surface area contributed by atoms with E-state index in [1.807, 2.05) is 4.90 Å². The van der Waals surface area contributed by atoms with Crippen molar-refractivity contribution in [2.45, 2.75) is 25.1 Å². The lowest BCUT2D eigenvalue weighted by atomic mass is 10.0. The number of alkyl halides is 3. The molecule has 9 heteroatoms. The van der Waals surface area contributed by atoms with Crippen molar-refractivity contribution in [3.8, 4) is 0 Å². The molecular weight excluding hydrogens is 325 g/mol. The first-order valence-electron chi connectivity index (χ1n) is 7.57. The van der Waals surface area contributed by atoms with Gasteiger partial charge in [-0.1, -0.05) is 0 Å². The Bertz CT molecular complexity index is 599. The smallest absolute Gasteiger partial charge is 0.358 e. The molecule has 1 fully saturated rings. The number of pyridine rings is 1. The molecule has 0 aliphatic carbocycles. The Balaban J connectivity index is 1.94. The van der Waals surface area contributed by atoms with Gasteiger partial charge in [0, 0.05) is 32.4 Å². The van der Waals surface area contributed by atoms with Crippen molar-refractivity contribution in [2.75, 3.05) is 26.7 Å². The number of likely N-dealkylation sites (N-methyl/N-ethyl adjacent to an activating group) is 1. The SMILES string of the molecule is CNC(=O)CN1CCC(NC(=O)c2ncccc2C(F)(F)F)CC1. The Morgan fingerprint density at radius 3 is 2.58 bits per heavy atom.